The van der Waals surface area contributed by atoms with Crippen molar-refractivity contribution in [2.45, 2.75) is 51.4 Å². The minimum atomic E-state index is -0.912. The highest BCUT2D eigenvalue weighted by atomic mass is 16.6. The van der Waals surface area contributed by atoms with E-state index in [0.717, 1.165) is 22.8 Å². The van der Waals surface area contributed by atoms with Crippen molar-refractivity contribution in [3.63, 3.8) is 0 Å². The van der Waals surface area contributed by atoms with Gasteiger partial charge < -0.3 is 24.7 Å². The molecular formula is C26H34N8O3. The maximum absolute atomic E-state index is 12.9. The molecule has 0 saturated carbocycles. The Labute approximate surface area is 217 Å². The number of carbonyl (C=O) groups excluding carboxylic acids is 1. The summed E-state index contributed by atoms with van der Waals surface area (Å²) >= 11 is 0. The Morgan fingerprint density at radius 1 is 1.41 bits per heavy atom. The van der Waals surface area contributed by atoms with Crippen LogP contribution < -0.4 is 10.4 Å². The van der Waals surface area contributed by atoms with Gasteiger partial charge in [-0.25, -0.2) is 14.8 Å². The first-order valence-corrected chi connectivity index (χ1v) is 12.5. The van der Waals surface area contributed by atoms with Gasteiger partial charge in [0.15, 0.2) is 6.17 Å². The molecule has 2 unspecified atom stereocenters. The first-order chi connectivity index (χ1) is 17.6. The molecule has 5 heterocycles. The normalized spacial score (nSPS) is 29.5. The summed E-state index contributed by atoms with van der Waals surface area (Å²) in [6, 6.07) is 4.43. The molecule has 2 N–H and O–H groups in total. The zero-order valence-electron chi connectivity index (χ0n) is 21.8. The topological polar surface area (TPSA) is 122 Å². The number of fused-ring (bicyclic) bond motifs is 1. The second-order valence-electron chi connectivity index (χ2n) is 11.1. The van der Waals surface area contributed by atoms with E-state index in [4.69, 9.17) is 14.5 Å². The van der Waals surface area contributed by atoms with E-state index < -0.39 is 28.8 Å². The Morgan fingerprint density at radius 2 is 2.22 bits per heavy atom. The van der Waals surface area contributed by atoms with Crippen molar-refractivity contribution in [2.75, 3.05) is 37.9 Å². The minimum absolute atomic E-state index is 0.244. The third-order valence-corrected chi connectivity index (χ3v) is 7.30. The van der Waals surface area contributed by atoms with Gasteiger partial charge in [0.25, 0.3) is 0 Å². The second kappa shape index (κ2) is 8.95. The van der Waals surface area contributed by atoms with Crippen molar-refractivity contribution < 1.29 is 14.3 Å². The van der Waals surface area contributed by atoms with Crippen LogP contribution in [0.15, 0.2) is 53.3 Å². The zero-order valence-corrected chi connectivity index (χ0v) is 21.8. The summed E-state index contributed by atoms with van der Waals surface area (Å²) in [6.45, 7) is 14.0. The maximum atomic E-state index is 12.9. The largest absolute Gasteiger partial charge is 0.444 e. The average Bonchev–Trinajstić information content (AvgIpc) is 3.62. The highest BCUT2D eigenvalue weighted by Gasteiger charge is 2.50. The van der Waals surface area contributed by atoms with Crippen molar-refractivity contribution in [3.8, 4) is 6.07 Å². The number of amides is 1. The van der Waals surface area contributed by atoms with E-state index in [1.807, 2.05) is 50.2 Å². The van der Waals surface area contributed by atoms with Crippen molar-refractivity contribution in [1.82, 2.24) is 25.4 Å². The van der Waals surface area contributed by atoms with Crippen LogP contribution in [0.1, 0.15) is 34.1 Å². The summed E-state index contributed by atoms with van der Waals surface area (Å²) in [4.78, 5) is 21.8. The number of aromatic amines is 1. The van der Waals surface area contributed by atoms with E-state index in [1.165, 1.54) is 0 Å². The Hall–Kier alpha value is -3.78. The number of aliphatic imine (C=N–C) groups is 1. The summed E-state index contributed by atoms with van der Waals surface area (Å²) in [7, 11) is 0. The van der Waals surface area contributed by atoms with E-state index >= 15 is 0 Å². The molecule has 37 heavy (non-hydrogen) atoms. The van der Waals surface area contributed by atoms with Crippen LogP contribution in [0.4, 0.5) is 10.6 Å². The van der Waals surface area contributed by atoms with Gasteiger partial charge in [0.1, 0.15) is 22.7 Å². The highest BCUT2D eigenvalue weighted by Crippen LogP contribution is 2.46. The van der Waals surface area contributed by atoms with Crippen LogP contribution >= 0.6 is 0 Å². The number of nitrogens with zero attached hydrogens (tertiary/aromatic N) is 6. The SMILES string of the molecule is C=C[C@@]1(C)COCCN1C1=NC2C(=CNN2c2ccn[nH]2)C(C2(C#N)CCN(C(=O)OC(C)(C)C)C2)=C1. The lowest BCUT2D eigenvalue weighted by Gasteiger charge is -2.45. The van der Waals surface area contributed by atoms with Crippen molar-refractivity contribution in [2.24, 2.45) is 10.4 Å². The van der Waals surface area contributed by atoms with E-state index in [9.17, 15) is 10.1 Å². The van der Waals surface area contributed by atoms with Gasteiger partial charge in [-0.1, -0.05) is 6.08 Å². The van der Waals surface area contributed by atoms with E-state index in [1.54, 1.807) is 11.1 Å². The van der Waals surface area contributed by atoms with Gasteiger partial charge >= 0.3 is 6.09 Å². The quantitative estimate of drug-likeness (QED) is 0.600. The summed E-state index contributed by atoms with van der Waals surface area (Å²) in [6.07, 6.45) is 7.13. The smallest absolute Gasteiger partial charge is 0.410 e. The summed E-state index contributed by atoms with van der Waals surface area (Å²) in [5, 5.41) is 19.6. The van der Waals surface area contributed by atoms with Crippen molar-refractivity contribution in [3.05, 3.63) is 48.3 Å². The number of anilines is 1. The molecule has 0 aromatic carbocycles. The summed E-state index contributed by atoms with van der Waals surface area (Å²) in [5.74, 6) is 1.50. The van der Waals surface area contributed by atoms with Gasteiger partial charge in [0, 0.05) is 37.5 Å². The number of nitrogens with one attached hydrogen (secondary N) is 2. The van der Waals surface area contributed by atoms with E-state index in [2.05, 4.69) is 40.1 Å². The fraction of sp³-hybridized carbons (Fsp3) is 0.538. The predicted octanol–water partition coefficient (Wildman–Crippen LogP) is 2.71. The summed E-state index contributed by atoms with van der Waals surface area (Å²) in [5.41, 5.74) is 3.05. The average molecular weight is 507 g/mol. The summed E-state index contributed by atoms with van der Waals surface area (Å²) < 4.78 is 11.4. The number of hydrogen-bond donors (Lipinski definition) is 2. The van der Waals surface area contributed by atoms with Crippen LogP contribution in [0, 0.1) is 16.7 Å². The minimum Gasteiger partial charge on any atom is -0.444 e. The molecule has 1 aromatic heterocycles. The molecule has 0 spiro atoms. The molecule has 196 valence electrons. The number of rotatable bonds is 3. The van der Waals surface area contributed by atoms with Gasteiger partial charge in [-0.05, 0) is 45.8 Å². The van der Waals surface area contributed by atoms with Crippen molar-refractivity contribution >= 4 is 17.7 Å². The first-order valence-electron chi connectivity index (χ1n) is 12.5. The molecule has 0 aliphatic carbocycles. The standard InChI is InChI=1S/C26H34N8O3/c1-6-25(5)17-36-12-11-33(25)21-13-19(18-14-29-34(22(18)30-21)20-7-9-28-31-20)26(15-27)8-10-32(16-26)23(35)37-24(2,3)4/h6-7,9,13-14,22,29H,1,8,10-12,16-17H2,2-5H3,(H,28,31)/t22?,25-,26?/m0/s1. The number of morpholine rings is 1. The molecule has 0 radical (unpaired) electrons. The second-order valence-corrected chi connectivity index (χ2v) is 11.1. The van der Waals surface area contributed by atoms with Gasteiger partial charge in [-0.3, -0.25) is 5.10 Å². The number of hydrogen-bond acceptors (Lipinski definition) is 9. The molecule has 3 atom stereocenters. The van der Waals surface area contributed by atoms with Gasteiger partial charge in [0.2, 0.25) is 0 Å². The molecule has 1 aromatic rings. The number of aromatic nitrogens is 2. The predicted molar refractivity (Wildman–Crippen MR) is 138 cm³/mol. The molecule has 4 aliphatic rings. The Kier molecular flexibility index (Phi) is 6.02. The van der Waals surface area contributed by atoms with Crippen LogP contribution in [-0.2, 0) is 9.47 Å². The number of H-pyrrole nitrogens is 1. The van der Waals surface area contributed by atoms with Crippen LogP contribution in [0.25, 0.3) is 0 Å². The number of nitriles is 1. The molecule has 4 aliphatic heterocycles. The van der Waals surface area contributed by atoms with E-state index in [-0.39, 0.29) is 6.54 Å². The Morgan fingerprint density at radius 3 is 2.89 bits per heavy atom. The van der Waals surface area contributed by atoms with Crippen molar-refractivity contribution in [1.29, 1.82) is 5.26 Å². The molecule has 1 amide bonds. The van der Waals surface area contributed by atoms with Crippen LogP contribution in [0.2, 0.25) is 0 Å². The van der Waals surface area contributed by atoms with Gasteiger partial charge in [0.05, 0.1) is 31.0 Å². The first kappa shape index (κ1) is 24.9. The maximum Gasteiger partial charge on any atom is 0.410 e. The number of likely N-dealkylation sites (tertiary alicyclic amines) is 1. The number of ether oxygens (including phenoxy) is 2. The lowest BCUT2D eigenvalue weighted by molar-refractivity contribution is -0.000617. The molecule has 2 fully saturated rings. The fourth-order valence-electron chi connectivity index (χ4n) is 5.27. The Bertz CT molecular complexity index is 1210. The lowest BCUT2D eigenvalue weighted by Crippen LogP contribution is -2.57. The number of hydrazine groups is 1. The third kappa shape index (κ3) is 4.35. The van der Waals surface area contributed by atoms with Crippen LogP contribution in [0.5, 0.6) is 0 Å². The molecule has 11 nitrogen and oxygen atoms in total. The zero-order chi connectivity index (χ0) is 26.4. The lowest BCUT2D eigenvalue weighted by atomic mass is 9.75. The Balaban J connectivity index is 1.54. The van der Waals surface area contributed by atoms with Gasteiger partial charge in [-0.15, -0.1) is 6.58 Å². The molecule has 5 rings (SSSR count). The molecule has 0 bridgehead atoms. The highest BCUT2D eigenvalue weighted by molar-refractivity contribution is 5.97. The van der Waals surface area contributed by atoms with Gasteiger partial charge in [-0.2, -0.15) is 10.4 Å². The molecular weight excluding hydrogens is 472 g/mol. The fourth-order valence-corrected chi connectivity index (χ4v) is 5.27. The molecule has 2 saturated heterocycles. The van der Waals surface area contributed by atoms with Crippen LogP contribution in [-0.4, -0.2) is 82.1 Å². The van der Waals surface area contributed by atoms with Crippen LogP contribution in [0.3, 0.4) is 0 Å². The number of amidine groups is 1. The third-order valence-electron chi connectivity index (χ3n) is 7.30. The monoisotopic (exact) mass is 506 g/mol. The van der Waals surface area contributed by atoms with E-state index in [0.29, 0.717) is 32.7 Å². The number of carbonyl (C=O) groups is 1. The number of dihydropyridines is 1. The molecule has 11 heteroatoms.